The molecule has 0 spiro atoms. The Hall–Kier alpha value is -3.90. The van der Waals surface area contributed by atoms with Crippen molar-refractivity contribution in [1.29, 1.82) is 0 Å². The highest BCUT2D eigenvalue weighted by Gasteiger charge is 2.23. The third-order valence-electron chi connectivity index (χ3n) is 6.19. The number of aromatic nitrogens is 1. The minimum atomic E-state index is 0.606. The van der Waals surface area contributed by atoms with Gasteiger partial charge in [0.1, 0.15) is 18.2 Å². The van der Waals surface area contributed by atoms with Gasteiger partial charge in [0, 0.05) is 35.4 Å². The van der Waals surface area contributed by atoms with Gasteiger partial charge in [-0.05, 0) is 31.0 Å². The van der Waals surface area contributed by atoms with E-state index >= 15 is 0 Å². The van der Waals surface area contributed by atoms with Gasteiger partial charge in [0.15, 0.2) is 11.4 Å². The highest BCUT2D eigenvalue weighted by atomic mass is 16.3. The molecule has 0 atom stereocenters. The first-order valence-electron chi connectivity index (χ1n) is 10.4. The predicted octanol–water partition coefficient (Wildman–Crippen LogP) is 7.22. The van der Waals surface area contributed by atoms with Crippen molar-refractivity contribution in [3.8, 4) is 22.4 Å². The number of hydrogen-bond acceptors (Lipinski definition) is 1. The van der Waals surface area contributed by atoms with Gasteiger partial charge in [0.05, 0.1) is 12.1 Å². The van der Waals surface area contributed by atoms with Crippen LogP contribution in [0.25, 0.3) is 49.2 Å². The zero-order valence-electron chi connectivity index (χ0n) is 18.2. The van der Waals surface area contributed by atoms with Gasteiger partial charge in [-0.1, -0.05) is 54.1 Å². The fraction of sp³-hybridized carbons (Fsp3) is 0.143. The molecular weight excluding hydrogens is 380 g/mol. The maximum atomic E-state index is 7.73. The molecule has 0 aliphatic carbocycles. The molecule has 0 amide bonds. The summed E-state index contributed by atoms with van der Waals surface area (Å²) in [7, 11) is 2.08. The number of nitrogens with zero attached hydrogens (tertiary/aromatic N) is 2. The summed E-state index contributed by atoms with van der Waals surface area (Å²) < 4.78 is 8.81. The standard InChI is InChI=1S/C28H23N2O/c1-17-9-12-20(13-10-17)26-23(29-4)16-15-22-21-14-11-18(2)25(27(21)31-28(22)26)24-8-6-7-19(3)30(24)5/h6-16H,1-3,5H3/q+1. The first-order valence-corrected chi connectivity index (χ1v) is 10.4. The molecule has 3 heteroatoms. The highest BCUT2D eigenvalue weighted by Crippen LogP contribution is 2.44. The second kappa shape index (κ2) is 7.11. The molecule has 2 heterocycles. The number of rotatable bonds is 2. The van der Waals surface area contributed by atoms with Crippen LogP contribution in [0.5, 0.6) is 0 Å². The third-order valence-corrected chi connectivity index (χ3v) is 6.19. The van der Waals surface area contributed by atoms with E-state index < -0.39 is 0 Å². The molecule has 2 aromatic heterocycles. The van der Waals surface area contributed by atoms with E-state index in [4.69, 9.17) is 11.0 Å². The van der Waals surface area contributed by atoms with Crippen molar-refractivity contribution in [2.75, 3.05) is 0 Å². The average molecular weight is 404 g/mol. The summed E-state index contributed by atoms with van der Waals surface area (Å²) in [5, 5.41) is 2.11. The normalized spacial score (nSPS) is 11.2. The lowest BCUT2D eigenvalue weighted by atomic mass is 9.97. The molecular formula is C28H23N2O+. The molecule has 0 bridgehead atoms. The van der Waals surface area contributed by atoms with E-state index in [0.717, 1.165) is 49.9 Å². The molecule has 3 nitrogen and oxygen atoms in total. The van der Waals surface area contributed by atoms with Gasteiger partial charge in [0.2, 0.25) is 5.69 Å². The van der Waals surface area contributed by atoms with Crippen LogP contribution in [0.1, 0.15) is 16.8 Å². The Labute approximate surface area is 182 Å². The lowest BCUT2D eigenvalue weighted by molar-refractivity contribution is -0.666. The number of furan rings is 1. The Kier molecular flexibility index (Phi) is 4.38. The van der Waals surface area contributed by atoms with Gasteiger partial charge >= 0.3 is 0 Å². The first-order chi connectivity index (χ1) is 15.0. The molecule has 0 aliphatic rings. The van der Waals surface area contributed by atoms with Crippen LogP contribution in [0.4, 0.5) is 5.69 Å². The summed E-state index contributed by atoms with van der Waals surface area (Å²) in [6.45, 7) is 14.0. The first kappa shape index (κ1) is 19.1. The van der Waals surface area contributed by atoms with Gasteiger partial charge in [-0.15, -0.1) is 0 Å². The lowest BCUT2D eigenvalue weighted by Gasteiger charge is -2.07. The Morgan fingerprint density at radius 2 is 1.45 bits per heavy atom. The van der Waals surface area contributed by atoms with Crippen LogP contribution < -0.4 is 4.57 Å². The molecule has 3 aromatic carbocycles. The van der Waals surface area contributed by atoms with E-state index in [1.807, 2.05) is 12.1 Å². The molecule has 0 unspecified atom stereocenters. The van der Waals surface area contributed by atoms with E-state index in [9.17, 15) is 0 Å². The number of pyridine rings is 1. The molecule has 150 valence electrons. The van der Waals surface area contributed by atoms with Crippen LogP contribution in [-0.2, 0) is 7.05 Å². The predicted molar refractivity (Wildman–Crippen MR) is 126 cm³/mol. The van der Waals surface area contributed by atoms with E-state index in [1.165, 1.54) is 11.3 Å². The number of hydrogen-bond donors (Lipinski definition) is 0. The Bertz CT molecular complexity index is 1520. The van der Waals surface area contributed by atoms with Crippen LogP contribution in [0.15, 0.2) is 71.1 Å². The zero-order valence-corrected chi connectivity index (χ0v) is 18.2. The molecule has 0 saturated heterocycles. The largest absolute Gasteiger partial charge is 0.456 e. The van der Waals surface area contributed by atoms with Crippen molar-refractivity contribution in [2.45, 2.75) is 20.8 Å². The van der Waals surface area contributed by atoms with Crippen LogP contribution >= 0.6 is 0 Å². The van der Waals surface area contributed by atoms with Gasteiger partial charge in [0.25, 0.3) is 0 Å². The summed E-state index contributed by atoms with van der Waals surface area (Å²) in [6.07, 6.45) is 0. The zero-order chi connectivity index (χ0) is 21.7. The SMILES string of the molecule is [C-]#[N+]c1ccc2c(oc3c(-c4cccc(C)[n+]4C)c(C)ccc32)c1-c1ccc(C)cc1. The number of aryl methyl sites for hydroxylation is 3. The fourth-order valence-electron chi connectivity index (χ4n) is 4.35. The summed E-state index contributed by atoms with van der Waals surface area (Å²) in [4.78, 5) is 3.80. The summed E-state index contributed by atoms with van der Waals surface area (Å²) in [5.74, 6) is 0. The summed E-state index contributed by atoms with van der Waals surface area (Å²) >= 11 is 0. The van der Waals surface area contributed by atoms with E-state index in [-0.39, 0.29) is 0 Å². The van der Waals surface area contributed by atoms with Gasteiger partial charge in [-0.25, -0.2) is 4.85 Å². The lowest BCUT2D eigenvalue weighted by Crippen LogP contribution is -2.34. The van der Waals surface area contributed by atoms with E-state index in [2.05, 4.69) is 91.8 Å². The van der Waals surface area contributed by atoms with E-state index in [0.29, 0.717) is 5.69 Å². The van der Waals surface area contributed by atoms with Crippen molar-refractivity contribution >= 4 is 27.6 Å². The summed E-state index contributed by atoms with van der Waals surface area (Å²) in [6, 6.07) is 22.8. The molecule has 5 rings (SSSR count). The van der Waals surface area contributed by atoms with Crippen molar-refractivity contribution in [3.63, 3.8) is 0 Å². The highest BCUT2D eigenvalue weighted by molar-refractivity contribution is 6.15. The van der Waals surface area contributed by atoms with Gasteiger partial charge in [-0.2, -0.15) is 4.57 Å². The Morgan fingerprint density at radius 3 is 2.16 bits per heavy atom. The molecule has 0 saturated carbocycles. The summed E-state index contributed by atoms with van der Waals surface area (Å²) in [5.41, 5.74) is 9.85. The second-order valence-electron chi connectivity index (χ2n) is 8.16. The molecule has 0 fully saturated rings. The van der Waals surface area contributed by atoms with Crippen LogP contribution in [0.3, 0.4) is 0 Å². The van der Waals surface area contributed by atoms with Crippen molar-refractivity contribution in [1.82, 2.24) is 0 Å². The van der Waals surface area contributed by atoms with Gasteiger partial charge < -0.3 is 4.42 Å². The fourth-order valence-corrected chi connectivity index (χ4v) is 4.35. The van der Waals surface area contributed by atoms with Crippen molar-refractivity contribution < 1.29 is 8.98 Å². The van der Waals surface area contributed by atoms with Crippen molar-refractivity contribution in [3.05, 3.63) is 95.0 Å². The number of fused-ring (bicyclic) bond motifs is 3. The molecule has 0 radical (unpaired) electrons. The molecule has 31 heavy (non-hydrogen) atoms. The quantitative estimate of drug-likeness (QED) is 0.225. The number of benzene rings is 3. The maximum absolute atomic E-state index is 7.73. The molecule has 0 aliphatic heterocycles. The third kappa shape index (κ3) is 2.92. The minimum absolute atomic E-state index is 0.606. The monoisotopic (exact) mass is 403 g/mol. The van der Waals surface area contributed by atoms with E-state index in [1.54, 1.807) is 0 Å². The Morgan fingerprint density at radius 1 is 0.774 bits per heavy atom. The maximum Gasteiger partial charge on any atom is 0.216 e. The van der Waals surface area contributed by atoms with Crippen LogP contribution in [0, 0.1) is 27.3 Å². The Balaban J connectivity index is 1.91. The van der Waals surface area contributed by atoms with Crippen LogP contribution in [-0.4, -0.2) is 0 Å². The molecule has 5 aromatic rings. The van der Waals surface area contributed by atoms with Gasteiger partial charge in [-0.3, -0.25) is 0 Å². The van der Waals surface area contributed by atoms with Crippen LogP contribution in [0.2, 0.25) is 0 Å². The smallest absolute Gasteiger partial charge is 0.216 e. The topological polar surface area (TPSA) is 21.4 Å². The molecule has 0 N–H and O–H groups in total. The van der Waals surface area contributed by atoms with Crippen molar-refractivity contribution in [2.24, 2.45) is 7.05 Å². The average Bonchev–Trinajstić information content (AvgIpc) is 3.14. The minimum Gasteiger partial charge on any atom is -0.456 e. The second-order valence-corrected chi connectivity index (χ2v) is 8.16.